The molecule has 0 amide bonds. The zero-order chi connectivity index (χ0) is 10.8. The first kappa shape index (κ1) is 11.0. The minimum atomic E-state index is -0.268. The van der Waals surface area contributed by atoms with E-state index in [2.05, 4.69) is 28.8 Å². The number of rotatable bonds is 3. The quantitative estimate of drug-likeness (QED) is 0.787. The van der Waals surface area contributed by atoms with Gasteiger partial charge in [0.2, 0.25) is 0 Å². The van der Waals surface area contributed by atoms with Crippen molar-refractivity contribution in [3.05, 3.63) is 18.0 Å². The van der Waals surface area contributed by atoms with Gasteiger partial charge in [0.25, 0.3) is 0 Å². The Morgan fingerprint density at radius 2 is 2.00 bits per heavy atom. The summed E-state index contributed by atoms with van der Waals surface area (Å²) in [4.78, 5) is 12.6. The lowest BCUT2D eigenvalue weighted by Crippen LogP contribution is -2.35. The topological polar surface area (TPSA) is 64.7 Å². The van der Waals surface area contributed by atoms with Crippen molar-refractivity contribution in [1.29, 1.82) is 0 Å². The van der Waals surface area contributed by atoms with E-state index in [9.17, 15) is 0 Å². The van der Waals surface area contributed by atoms with Gasteiger partial charge in [-0.2, -0.15) is 0 Å². The molecule has 1 heterocycles. The van der Waals surface area contributed by atoms with E-state index >= 15 is 0 Å². The Morgan fingerprint density at radius 3 is 2.50 bits per heavy atom. The molecular weight excluding hydrogens is 176 g/mol. The van der Waals surface area contributed by atoms with Crippen molar-refractivity contribution < 1.29 is 0 Å². The molecule has 4 nitrogen and oxygen atoms in total. The zero-order valence-corrected chi connectivity index (χ0v) is 9.28. The van der Waals surface area contributed by atoms with Crippen LogP contribution in [0, 0.1) is 0 Å². The molecule has 0 fully saturated rings. The molecule has 4 heteroatoms. The van der Waals surface area contributed by atoms with Gasteiger partial charge in [0.15, 0.2) is 0 Å². The van der Waals surface area contributed by atoms with E-state index in [0.29, 0.717) is 12.3 Å². The molecule has 0 aromatic carbocycles. The minimum absolute atomic E-state index is 0.268. The van der Waals surface area contributed by atoms with Crippen molar-refractivity contribution in [3.8, 4) is 0 Å². The maximum absolute atomic E-state index is 5.89. The first-order valence-corrected chi connectivity index (χ1v) is 4.85. The lowest BCUT2D eigenvalue weighted by Gasteiger charge is -2.17. The molecule has 2 N–H and O–H groups in total. The predicted octanol–water partition coefficient (Wildman–Crippen LogP) is 1.27. The van der Waals surface area contributed by atoms with Crippen LogP contribution in [-0.2, 0) is 6.42 Å². The molecule has 0 unspecified atom stereocenters. The Balaban J connectivity index is 2.84. The molecule has 1 aromatic rings. The first-order valence-electron chi connectivity index (χ1n) is 4.85. The van der Waals surface area contributed by atoms with Crippen LogP contribution in [0.25, 0.3) is 0 Å². The Kier molecular flexibility index (Phi) is 3.16. The fourth-order valence-electron chi connectivity index (χ4n) is 1.12. The second-order valence-electron chi connectivity index (χ2n) is 4.58. The Hall–Kier alpha value is -1.03. The van der Waals surface area contributed by atoms with E-state index in [0.717, 1.165) is 11.6 Å². The number of hydrogen-bond acceptors (Lipinski definition) is 4. The first-order chi connectivity index (χ1) is 6.38. The maximum Gasteiger partial charge on any atom is 0.134 e. The van der Waals surface area contributed by atoms with Crippen molar-refractivity contribution >= 4 is 0 Å². The second-order valence-corrected chi connectivity index (χ2v) is 4.58. The molecule has 14 heavy (non-hydrogen) atoms. The lowest BCUT2D eigenvalue weighted by molar-refractivity contribution is 0.498. The van der Waals surface area contributed by atoms with Gasteiger partial charge in [-0.1, -0.05) is 13.8 Å². The number of aromatic nitrogens is 3. The smallest absolute Gasteiger partial charge is 0.134 e. The number of nitrogens with two attached hydrogens (primary N) is 1. The molecule has 0 bridgehead atoms. The van der Waals surface area contributed by atoms with Crippen LogP contribution in [0.15, 0.2) is 6.33 Å². The van der Waals surface area contributed by atoms with Crippen LogP contribution in [0.1, 0.15) is 45.3 Å². The van der Waals surface area contributed by atoms with Gasteiger partial charge in [-0.15, -0.1) is 0 Å². The molecule has 0 aliphatic rings. The Morgan fingerprint density at radius 1 is 1.36 bits per heavy atom. The molecule has 0 radical (unpaired) electrons. The average molecular weight is 194 g/mol. The molecule has 0 saturated carbocycles. The molecule has 0 aliphatic heterocycles. The Bertz CT molecular complexity index is 301. The van der Waals surface area contributed by atoms with Gasteiger partial charge in [-0.05, 0) is 13.8 Å². The Labute approximate surface area is 85.0 Å². The van der Waals surface area contributed by atoms with Gasteiger partial charge < -0.3 is 5.73 Å². The molecular formula is C10H18N4. The molecule has 1 rings (SSSR count). The molecule has 0 aliphatic carbocycles. The summed E-state index contributed by atoms with van der Waals surface area (Å²) in [6.07, 6.45) is 2.23. The summed E-state index contributed by atoms with van der Waals surface area (Å²) in [5.41, 5.74) is 5.63. The number of nitrogens with zero attached hydrogens (tertiary/aromatic N) is 3. The van der Waals surface area contributed by atoms with Crippen LogP contribution in [0.3, 0.4) is 0 Å². The highest BCUT2D eigenvalue weighted by atomic mass is 15.0. The van der Waals surface area contributed by atoms with Crippen LogP contribution >= 0.6 is 0 Å². The largest absolute Gasteiger partial charge is 0.325 e. The van der Waals surface area contributed by atoms with Gasteiger partial charge >= 0.3 is 0 Å². The van der Waals surface area contributed by atoms with Gasteiger partial charge in [0.1, 0.15) is 18.0 Å². The summed E-state index contributed by atoms with van der Waals surface area (Å²) in [5.74, 6) is 1.94. The standard InChI is InChI=1S/C10H18N4/c1-7(2)9-13-6-12-8(14-9)5-10(3,4)11/h6-7H,5,11H2,1-4H3. The van der Waals surface area contributed by atoms with Crippen molar-refractivity contribution in [2.24, 2.45) is 5.73 Å². The lowest BCUT2D eigenvalue weighted by atomic mass is 10.0. The van der Waals surface area contributed by atoms with Crippen molar-refractivity contribution in [2.45, 2.75) is 45.6 Å². The van der Waals surface area contributed by atoms with Crippen LogP contribution < -0.4 is 5.73 Å². The molecule has 0 atom stereocenters. The summed E-state index contributed by atoms with van der Waals surface area (Å²) in [6, 6.07) is 0. The molecule has 1 aromatic heterocycles. The summed E-state index contributed by atoms with van der Waals surface area (Å²) >= 11 is 0. The van der Waals surface area contributed by atoms with Gasteiger partial charge in [0.05, 0.1) is 0 Å². The van der Waals surface area contributed by atoms with E-state index in [-0.39, 0.29) is 5.54 Å². The third-order valence-corrected chi connectivity index (χ3v) is 1.77. The fourth-order valence-corrected chi connectivity index (χ4v) is 1.12. The monoisotopic (exact) mass is 194 g/mol. The van der Waals surface area contributed by atoms with Crippen LogP contribution in [0.4, 0.5) is 0 Å². The van der Waals surface area contributed by atoms with Crippen LogP contribution in [0.5, 0.6) is 0 Å². The van der Waals surface area contributed by atoms with E-state index in [4.69, 9.17) is 5.73 Å². The molecule has 0 saturated heterocycles. The average Bonchev–Trinajstić information content (AvgIpc) is 2.01. The summed E-state index contributed by atoms with van der Waals surface area (Å²) in [5, 5.41) is 0. The van der Waals surface area contributed by atoms with Crippen LogP contribution in [-0.4, -0.2) is 20.5 Å². The minimum Gasteiger partial charge on any atom is -0.325 e. The molecule has 0 spiro atoms. The highest BCUT2D eigenvalue weighted by molar-refractivity contribution is 4.98. The van der Waals surface area contributed by atoms with Crippen molar-refractivity contribution in [2.75, 3.05) is 0 Å². The SMILES string of the molecule is CC(C)c1ncnc(CC(C)(C)N)n1. The van der Waals surface area contributed by atoms with E-state index in [1.165, 1.54) is 0 Å². The van der Waals surface area contributed by atoms with Crippen LogP contribution in [0.2, 0.25) is 0 Å². The molecule has 78 valence electrons. The number of hydrogen-bond donors (Lipinski definition) is 1. The van der Waals surface area contributed by atoms with Gasteiger partial charge in [-0.3, -0.25) is 0 Å². The zero-order valence-electron chi connectivity index (χ0n) is 9.28. The highest BCUT2D eigenvalue weighted by Gasteiger charge is 2.14. The summed E-state index contributed by atoms with van der Waals surface area (Å²) < 4.78 is 0. The van der Waals surface area contributed by atoms with E-state index in [1.54, 1.807) is 6.33 Å². The van der Waals surface area contributed by atoms with Crippen molar-refractivity contribution in [1.82, 2.24) is 15.0 Å². The summed E-state index contributed by atoms with van der Waals surface area (Å²) in [7, 11) is 0. The van der Waals surface area contributed by atoms with E-state index in [1.807, 2.05) is 13.8 Å². The van der Waals surface area contributed by atoms with Gasteiger partial charge in [0, 0.05) is 17.9 Å². The van der Waals surface area contributed by atoms with E-state index < -0.39 is 0 Å². The summed E-state index contributed by atoms with van der Waals surface area (Å²) in [6.45, 7) is 8.05. The third-order valence-electron chi connectivity index (χ3n) is 1.77. The predicted molar refractivity (Wildman–Crippen MR) is 55.9 cm³/mol. The second kappa shape index (κ2) is 4.00. The maximum atomic E-state index is 5.89. The van der Waals surface area contributed by atoms with Crippen molar-refractivity contribution in [3.63, 3.8) is 0 Å². The van der Waals surface area contributed by atoms with Gasteiger partial charge in [-0.25, -0.2) is 15.0 Å². The normalized spacial score (nSPS) is 12.1. The fraction of sp³-hybridized carbons (Fsp3) is 0.700. The third kappa shape index (κ3) is 3.38. The highest BCUT2D eigenvalue weighted by Crippen LogP contribution is 2.09.